The van der Waals surface area contributed by atoms with Crippen LogP contribution in [0.5, 0.6) is 0 Å². The van der Waals surface area contributed by atoms with Gasteiger partial charge in [0.2, 0.25) is 5.13 Å². The highest BCUT2D eigenvalue weighted by atomic mass is 32.1. The van der Waals surface area contributed by atoms with Gasteiger partial charge in [-0.1, -0.05) is 56.2 Å². The third-order valence-corrected chi connectivity index (χ3v) is 7.23. The summed E-state index contributed by atoms with van der Waals surface area (Å²) in [5, 5.41) is 25.8. The maximum Gasteiger partial charge on any atom is 0.208 e. The molecule has 4 rings (SSSR count). The van der Waals surface area contributed by atoms with E-state index in [2.05, 4.69) is 68.5 Å². The molecule has 31 heavy (non-hydrogen) atoms. The van der Waals surface area contributed by atoms with Crippen LogP contribution in [0.3, 0.4) is 0 Å². The first-order valence-corrected chi connectivity index (χ1v) is 12.3. The van der Waals surface area contributed by atoms with Gasteiger partial charge in [-0.15, -0.1) is 10.2 Å². The molecule has 7 nitrogen and oxygen atoms in total. The zero-order valence-electron chi connectivity index (χ0n) is 18.5. The highest BCUT2D eigenvalue weighted by Gasteiger charge is 2.23. The maximum atomic E-state index is 10.9. The Morgan fingerprint density at radius 2 is 1.97 bits per heavy atom. The zero-order valence-corrected chi connectivity index (χ0v) is 19.4. The highest BCUT2D eigenvalue weighted by molar-refractivity contribution is 7.15. The molecule has 2 aromatic heterocycles. The SMILES string of the molecule is CCCCC(Cc1c[nH]c2ccccc12)NC(O)c1nnc(N2CCN(CC)CC2)s1. The Morgan fingerprint density at radius 3 is 2.74 bits per heavy atom. The van der Waals surface area contributed by atoms with E-state index in [1.54, 1.807) is 0 Å². The number of benzene rings is 1. The molecule has 8 heteroatoms. The predicted molar refractivity (Wildman–Crippen MR) is 128 cm³/mol. The van der Waals surface area contributed by atoms with Crippen molar-refractivity contribution in [1.82, 2.24) is 25.4 Å². The van der Waals surface area contributed by atoms with E-state index in [0.29, 0.717) is 5.01 Å². The fraction of sp³-hybridized carbons (Fsp3) is 0.565. The second-order valence-electron chi connectivity index (χ2n) is 8.32. The fourth-order valence-electron chi connectivity index (χ4n) is 4.28. The topological polar surface area (TPSA) is 80.3 Å². The van der Waals surface area contributed by atoms with E-state index >= 15 is 0 Å². The maximum absolute atomic E-state index is 10.9. The molecule has 168 valence electrons. The van der Waals surface area contributed by atoms with Crippen molar-refractivity contribution < 1.29 is 5.11 Å². The van der Waals surface area contributed by atoms with Crippen molar-refractivity contribution in [3.8, 4) is 0 Å². The lowest BCUT2D eigenvalue weighted by atomic mass is 10.0. The van der Waals surface area contributed by atoms with Gasteiger partial charge in [-0.05, 0) is 31.0 Å². The Morgan fingerprint density at radius 1 is 1.16 bits per heavy atom. The van der Waals surface area contributed by atoms with Crippen LogP contribution < -0.4 is 10.2 Å². The normalized spacial score (nSPS) is 17.3. The van der Waals surface area contributed by atoms with Crippen LogP contribution >= 0.6 is 11.3 Å². The number of aliphatic hydroxyl groups excluding tert-OH is 1. The van der Waals surface area contributed by atoms with E-state index in [4.69, 9.17) is 0 Å². The Hall–Kier alpha value is -2.00. The molecular weight excluding hydrogens is 408 g/mol. The summed E-state index contributed by atoms with van der Waals surface area (Å²) in [5.41, 5.74) is 2.44. The summed E-state index contributed by atoms with van der Waals surface area (Å²) in [6.45, 7) is 9.52. The molecule has 1 aliphatic rings. The number of H-pyrrole nitrogens is 1. The van der Waals surface area contributed by atoms with Crippen molar-refractivity contribution in [3.05, 3.63) is 41.0 Å². The quantitative estimate of drug-likeness (QED) is 0.417. The summed E-state index contributed by atoms with van der Waals surface area (Å²) in [6, 6.07) is 8.56. The molecule has 1 aromatic carbocycles. The second kappa shape index (κ2) is 10.5. The molecule has 3 N–H and O–H groups in total. The van der Waals surface area contributed by atoms with Crippen LogP contribution in [0.1, 0.15) is 49.9 Å². The number of para-hydroxylation sites is 1. The van der Waals surface area contributed by atoms with Crippen LogP contribution in [-0.2, 0) is 6.42 Å². The van der Waals surface area contributed by atoms with Gasteiger partial charge in [0.25, 0.3) is 0 Å². The number of nitrogens with zero attached hydrogens (tertiary/aromatic N) is 4. The summed E-state index contributed by atoms with van der Waals surface area (Å²) in [5.74, 6) is 0. The molecule has 0 radical (unpaired) electrons. The largest absolute Gasteiger partial charge is 0.372 e. The molecule has 3 aromatic rings. The second-order valence-corrected chi connectivity index (χ2v) is 9.30. The molecule has 3 heterocycles. The zero-order chi connectivity index (χ0) is 21.6. The van der Waals surface area contributed by atoms with E-state index in [0.717, 1.165) is 69.1 Å². The Bertz CT molecular complexity index is 948. The van der Waals surface area contributed by atoms with Crippen molar-refractivity contribution in [3.63, 3.8) is 0 Å². The monoisotopic (exact) mass is 442 g/mol. The molecular formula is C23H34N6OS. The average Bonchev–Trinajstić information content (AvgIpc) is 3.45. The van der Waals surface area contributed by atoms with E-state index in [-0.39, 0.29) is 6.04 Å². The lowest BCUT2D eigenvalue weighted by molar-refractivity contribution is 0.119. The van der Waals surface area contributed by atoms with E-state index in [1.807, 2.05) is 6.07 Å². The first-order chi connectivity index (χ1) is 15.2. The molecule has 1 fully saturated rings. The van der Waals surface area contributed by atoms with E-state index in [1.165, 1.54) is 22.3 Å². The number of piperazine rings is 1. The van der Waals surface area contributed by atoms with Crippen LogP contribution in [0.25, 0.3) is 10.9 Å². The number of aliphatic hydroxyl groups is 1. The van der Waals surface area contributed by atoms with Crippen LogP contribution in [-0.4, -0.2) is 64.0 Å². The third kappa shape index (κ3) is 5.44. The van der Waals surface area contributed by atoms with Crippen LogP contribution in [0.15, 0.2) is 30.5 Å². The Kier molecular flexibility index (Phi) is 7.55. The van der Waals surface area contributed by atoms with Gasteiger partial charge in [-0.25, -0.2) is 0 Å². The van der Waals surface area contributed by atoms with Gasteiger partial charge < -0.3 is 19.9 Å². The number of aromatic nitrogens is 3. The highest BCUT2D eigenvalue weighted by Crippen LogP contribution is 2.26. The molecule has 0 saturated carbocycles. The number of rotatable bonds is 10. The minimum atomic E-state index is -0.796. The predicted octanol–water partition coefficient (Wildman–Crippen LogP) is 3.54. The van der Waals surface area contributed by atoms with Gasteiger partial charge in [0.1, 0.15) is 0 Å². The average molecular weight is 443 g/mol. The Labute approximate surface area is 188 Å². The van der Waals surface area contributed by atoms with E-state index < -0.39 is 6.23 Å². The van der Waals surface area contributed by atoms with Gasteiger partial charge in [0.05, 0.1) is 0 Å². The number of hydrogen-bond acceptors (Lipinski definition) is 7. The van der Waals surface area contributed by atoms with Crippen molar-refractivity contribution in [2.24, 2.45) is 0 Å². The molecule has 2 unspecified atom stereocenters. The van der Waals surface area contributed by atoms with Crippen LogP contribution in [0.2, 0.25) is 0 Å². The first-order valence-electron chi connectivity index (χ1n) is 11.5. The third-order valence-electron chi connectivity index (χ3n) is 6.19. The van der Waals surface area contributed by atoms with E-state index in [9.17, 15) is 5.11 Å². The van der Waals surface area contributed by atoms with Crippen molar-refractivity contribution >= 4 is 27.4 Å². The Balaban J connectivity index is 1.40. The van der Waals surface area contributed by atoms with Crippen LogP contribution in [0, 0.1) is 0 Å². The minimum absolute atomic E-state index is 0.176. The number of unbranched alkanes of at least 4 members (excludes halogenated alkanes) is 1. The number of fused-ring (bicyclic) bond motifs is 1. The lowest BCUT2D eigenvalue weighted by Gasteiger charge is -2.33. The van der Waals surface area contributed by atoms with Gasteiger partial charge in [-0.2, -0.15) is 0 Å². The summed E-state index contributed by atoms with van der Waals surface area (Å²) < 4.78 is 0. The summed E-state index contributed by atoms with van der Waals surface area (Å²) >= 11 is 1.50. The number of likely N-dealkylation sites (N-methyl/N-ethyl adjacent to an activating group) is 1. The van der Waals surface area contributed by atoms with Gasteiger partial charge in [0, 0.05) is 49.3 Å². The number of aromatic amines is 1. The smallest absolute Gasteiger partial charge is 0.208 e. The summed E-state index contributed by atoms with van der Waals surface area (Å²) in [4.78, 5) is 8.08. The van der Waals surface area contributed by atoms with Gasteiger partial charge in [0.15, 0.2) is 11.2 Å². The van der Waals surface area contributed by atoms with Crippen molar-refractivity contribution in [1.29, 1.82) is 0 Å². The number of anilines is 1. The number of nitrogens with one attached hydrogen (secondary N) is 2. The molecule has 0 aliphatic carbocycles. The first kappa shape index (κ1) is 22.2. The van der Waals surface area contributed by atoms with Crippen molar-refractivity contribution in [2.45, 2.75) is 51.8 Å². The fourth-order valence-corrected chi connectivity index (χ4v) is 5.12. The van der Waals surface area contributed by atoms with Crippen molar-refractivity contribution in [2.75, 3.05) is 37.6 Å². The molecule has 0 amide bonds. The van der Waals surface area contributed by atoms with Gasteiger partial charge in [-0.3, -0.25) is 5.32 Å². The standard InChI is InChI=1S/C23H34N6OS/c1-3-5-8-18(15-17-16-24-20-10-7-6-9-19(17)20)25-21(30)22-26-27-23(31-22)29-13-11-28(4-2)12-14-29/h6-7,9-10,16,18,21,24-25,30H,3-5,8,11-15H2,1-2H3. The van der Waals surface area contributed by atoms with Gasteiger partial charge >= 0.3 is 0 Å². The number of hydrogen-bond donors (Lipinski definition) is 3. The molecule has 1 aliphatic heterocycles. The lowest BCUT2D eigenvalue weighted by Crippen LogP contribution is -2.46. The molecule has 0 bridgehead atoms. The minimum Gasteiger partial charge on any atom is -0.372 e. The summed E-state index contributed by atoms with van der Waals surface area (Å²) in [7, 11) is 0. The summed E-state index contributed by atoms with van der Waals surface area (Å²) in [6.07, 6.45) is 5.43. The molecule has 0 spiro atoms. The molecule has 1 saturated heterocycles. The molecule has 2 atom stereocenters. The van der Waals surface area contributed by atoms with Crippen LogP contribution in [0.4, 0.5) is 5.13 Å².